The number of aromatic nitrogens is 4. The van der Waals surface area contributed by atoms with E-state index in [1.54, 1.807) is 4.52 Å². The van der Waals surface area contributed by atoms with E-state index >= 15 is 0 Å². The normalized spacial score (nSPS) is 19.2. The van der Waals surface area contributed by atoms with Crippen molar-refractivity contribution in [3.63, 3.8) is 0 Å². The van der Waals surface area contributed by atoms with Crippen LogP contribution in [0.25, 0.3) is 5.78 Å². The van der Waals surface area contributed by atoms with Crippen LogP contribution in [0.4, 0.5) is 0 Å². The highest BCUT2D eigenvalue weighted by Crippen LogP contribution is 2.17. The summed E-state index contributed by atoms with van der Waals surface area (Å²) >= 11 is 0. The van der Waals surface area contributed by atoms with E-state index in [0.29, 0.717) is 18.6 Å². The van der Waals surface area contributed by atoms with Crippen molar-refractivity contribution in [2.45, 2.75) is 58.6 Å². The third-order valence-electron chi connectivity index (χ3n) is 4.50. The molecule has 7 heteroatoms. The Bertz CT molecular complexity index is 706. The minimum atomic E-state index is 0.0467. The van der Waals surface area contributed by atoms with Crippen LogP contribution < -0.4 is 5.32 Å². The molecule has 0 unspecified atom stereocenters. The second-order valence-electron chi connectivity index (χ2n) is 6.14. The summed E-state index contributed by atoms with van der Waals surface area (Å²) in [6.45, 7) is 6.74. The van der Waals surface area contributed by atoms with E-state index < -0.39 is 0 Å². The molecule has 7 nitrogen and oxygen atoms in total. The smallest absolute Gasteiger partial charge is 0.252 e. The van der Waals surface area contributed by atoms with Crippen molar-refractivity contribution in [3.8, 4) is 0 Å². The van der Waals surface area contributed by atoms with Crippen molar-refractivity contribution < 1.29 is 9.53 Å². The standard InChI is InChI=1S/C16H23N5O2/c1-10-13(12(3)21-16(20-10)17-9-18-21)6-7-15(22)19-11(2)14-5-4-8-23-14/h9,11,14H,4-8H2,1-3H3,(H,19,22)/t11-,14+/m1/s1. The van der Waals surface area contributed by atoms with Gasteiger partial charge in [0.2, 0.25) is 5.91 Å². The van der Waals surface area contributed by atoms with E-state index in [1.165, 1.54) is 6.33 Å². The molecule has 2 atom stereocenters. The topological polar surface area (TPSA) is 81.4 Å². The van der Waals surface area contributed by atoms with Crippen molar-refractivity contribution >= 4 is 11.7 Å². The number of aryl methyl sites for hydroxylation is 2. The molecule has 3 heterocycles. The van der Waals surface area contributed by atoms with Gasteiger partial charge in [0.15, 0.2) is 0 Å². The summed E-state index contributed by atoms with van der Waals surface area (Å²) in [6.07, 6.45) is 4.81. The van der Waals surface area contributed by atoms with Gasteiger partial charge in [-0.25, -0.2) is 9.50 Å². The van der Waals surface area contributed by atoms with Crippen molar-refractivity contribution in [3.05, 3.63) is 23.3 Å². The molecule has 1 N–H and O–H groups in total. The minimum absolute atomic E-state index is 0.0467. The fourth-order valence-corrected chi connectivity index (χ4v) is 3.17. The number of fused-ring (bicyclic) bond motifs is 1. The summed E-state index contributed by atoms with van der Waals surface area (Å²) < 4.78 is 7.33. The summed E-state index contributed by atoms with van der Waals surface area (Å²) in [5.41, 5.74) is 2.95. The number of hydrogen-bond acceptors (Lipinski definition) is 5. The Morgan fingerprint density at radius 3 is 3.09 bits per heavy atom. The van der Waals surface area contributed by atoms with Gasteiger partial charge >= 0.3 is 0 Å². The number of carbonyl (C=O) groups excluding carboxylic acids is 1. The number of amides is 1. The van der Waals surface area contributed by atoms with Crippen LogP contribution in [0.1, 0.15) is 43.1 Å². The predicted octanol–water partition coefficient (Wildman–Crippen LogP) is 1.36. The highest BCUT2D eigenvalue weighted by molar-refractivity contribution is 5.76. The lowest BCUT2D eigenvalue weighted by atomic mass is 10.1. The van der Waals surface area contributed by atoms with Crippen molar-refractivity contribution in [1.29, 1.82) is 0 Å². The fourth-order valence-electron chi connectivity index (χ4n) is 3.17. The maximum Gasteiger partial charge on any atom is 0.252 e. The van der Waals surface area contributed by atoms with E-state index in [9.17, 15) is 4.79 Å². The largest absolute Gasteiger partial charge is 0.376 e. The lowest BCUT2D eigenvalue weighted by Gasteiger charge is -2.20. The quantitative estimate of drug-likeness (QED) is 0.900. The second kappa shape index (κ2) is 6.62. The van der Waals surface area contributed by atoms with Crippen molar-refractivity contribution in [1.82, 2.24) is 24.9 Å². The molecule has 2 aromatic heterocycles. The third-order valence-corrected chi connectivity index (χ3v) is 4.50. The van der Waals surface area contributed by atoms with Gasteiger partial charge in [-0.2, -0.15) is 10.1 Å². The van der Waals surface area contributed by atoms with E-state index in [4.69, 9.17) is 4.74 Å². The van der Waals surface area contributed by atoms with Crippen molar-refractivity contribution in [2.75, 3.05) is 6.61 Å². The van der Waals surface area contributed by atoms with Gasteiger partial charge in [0.1, 0.15) is 6.33 Å². The van der Waals surface area contributed by atoms with Gasteiger partial charge in [0.25, 0.3) is 5.78 Å². The maximum atomic E-state index is 12.2. The summed E-state index contributed by atoms with van der Waals surface area (Å²) in [6, 6.07) is 0.0584. The van der Waals surface area contributed by atoms with E-state index in [-0.39, 0.29) is 18.1 Å². The van der Waals surface area contributed by atoms with Crippen LogP contribution in [0, 0.1) is 13.8 Å². The van der Waals surface area contributed by atoms with Crippen LogP contribution in [0.2, 0.25) is 0 Å². The summed E-state index contributed by atoms with van der Waals surface area (Å²) in [7, 11) is 0. The number of nitrogens with zero attached hydrogens (tertiary/aromatic N) is 4. The molecule has 2 aromatic rings. The molecule has 23 heavy (non-hydrogen) atoms. The van der Waals surface area contributed by atoms with Gasteiger partial charge in [-0.1, -0.05) is 0 Å². The molecule has 124 valence electrons. The molecule has 3 rings (SSSR count). The Kier molecular flexibility index (Phi) is 4.56. The average molecular weight is 317 g/mol. The molecule has 0 aromatic carbocycles. The molecule has 1 fully saturated rings. The molecular weight excluding hydrogens is 294 g/mol. The first-order chi connectivity index (χ1) is 11.1. The minimum Gasteiger partial charge on any atom is -0.376 e. The molecule has 1 aliphatic rings. The molecule has 1 aliphatic heterocycles. The number of ether oxygens (including phenoxy) is 1. The molecule has 0 radical (unpaired) electrons. The zero-order valence-corrected chi connectivity index (χ0v) is 13.9. The first-order valence-corrected chi connectivity index (χ1v) is 8.13. The number of rotatable bonds is 5. The van der Waals surface area contributed by atoms with Crippen LogP contribution in [0.15, 0.2) is 6.33 Å². The Morgan fingerprint density at radius 2 is 2.35 bits per heavy atom. The zero-order valence-electron chi connectivity index (χ0n) is 13.9. The molecule has 0 bridgehead atoms. The molecule has 1 amide bonds. The molecule has 0 saturated carbocycles. The van der Waals surface area contributed by atoms with Crippen LogP contribution in [0.3, 0.4) is 0 Å². The third kappa shape index (κ3) is 3.34. The highest BCUT2D eigenvalue weighted by Gasteiger charge is 2.23. The maximum absolute atomic E-state index is 12.2. The van der Waals surface area contributed by atoms with Crippen LogP contribution >= 0.6 is 0 Å². The lowest BCUT2D eigenvalue weighted by molar-refractivity contribution is -0.122. The number of carbonyl (C=O) groups is 1. The van der Waals surface area contributed by atoms with Gasteiger partial charge in [0.05, 0.1) is 12.1 Å². The SMILES string of the molecule is Cc1nc2ncnn2c(C)c1CCC(=O)N[C@H](C)[C@@H]1CCCO1. The van der Waals surface area contributed by atoms with Crippen LogP contribution in [0.5, 0.6) is 0 Å². The van der Waals surface area contributed by atoms with Crippen LogP contribution in [-0.4, -0.2) is 44.2 Å². The highest BCUT2D eigenvalue weighted by atomic mass is 16.5. The van der Waals surface area contributed by atoms with Crippen molar-refractivity contribution in [2.24, 2.45) is 0 Å². The summed E-state index contributed by atoms with van der Waals surface area (Å²) in [4.78, 5) is 20.7. The first kappa shape index (κ1) is 15.9. The summed E-state index contributed by atoms with van der Waals surface area (Å²) in [5, 5.41) is 7.22. The number of hydrogen-bond donors (Lipinski definition) is 1. The Labute approximate surface area is 135 Å². The van der Waals surface area contributed by atoms with Gasteiger partial charge < -0.3 is 10.1 Å². The van der Waals surface area contributed by atoms with Gasteiger partial charge in [-0.05, 0) is 45.6 Å². The Hall–Kier alpha value is -2.02. The van der Waals surface area contributed by atoms with Gasteiger partial charge in [-0.15, -0.1) is 0 Å². The van der Waals surface area contributed by atoms with E-state index in [1.807, 2.05) is 20.8 Å². The lowest BCUT2D eigenvalue weighted by Crippen LogP contribution is -2.40. The second-order valence-corrected chi connectivity index (χ2v) is 6.14. The number of nitrogens with one attached hydrogen (secondary N) is 1. The molecule has 0 spiro atoms. The zero-order chi connectivity index (χ0) is 16.4. The van der Waals surface area contributed by atoms with Gasteiger partial charge in [0, 0.05) is 24.4 Å². The average Bonchev–Trinajstić information content (AvgIpc) is 3.18. The Morgan fingerprint density at radius 1 is 1.52 bits per heavy atom. The van der Waals surface area contributed by atoms with E-state index in [0.717, 1.165) is 36.4 Å². The van der Waals surface area contributed by atoms with Crippen LogP contribution in [-0.2, 0) is 16.0 Å². The molecular formula is C16H23N5O2. The van der Waals surface area contributed by atoms with E-state index in [2.05, 4.69) is 20.4 Å². The summed E-state index contributed by atoms with van der Waals surface area (Å²) in [5.74, 6) is 0.644. The fraction of sp³-hybridized carbons (Fsp3) is 0.625. The van der Waals surface area contributed by atoms with Gasteiger partial charge in [-0.3, -0.25) is 4.79 Å². The molecule has 1 saturated heterocycles. The molecule has 0 aliphatic carbocycles. The predicted molar refractivity (Wildman–Crippen MR) is 85.2 cm³/mol. The monoisotopic (exact) mass is 317 g/mol. The Balaban J connectivity index is 1.62. The first-order valence-electron chi connectivity index (χ1n) is 8.13.